The van der Waals surface area contributed by atoms with Crippen molar-refractivity contribution in [1.29, 1.82) is 0 Å². The van der Waals surface area contributed by atoms with Crippen LogP contribution in [-0.4, -0.2) is 30.4 Å². The molecule has 5 heteroatoms. The first-order valence-electron chi connectivity index (χ1n) is 7.15. The van der Waals surface area contributed by atoms with Crippen molar-refractivity contribution >= 4 is 11.8 Å². The lowest BCUT2D eigenvalue weighted by molar-refractivity contribution is -0.150. The first-order valence-corrected chi connectivity index (χ1v) is 7.15. The van der Waals surface area contributed by atoms with Crippen LogP contribution < -0.4 is 10.5 Å². The minimum absolute atomic E-state index is 0.117. The molecule has 0 aliphatic carbocycles. The molecule has 5 nitrogen and oxygen atoms in total. The fourth-order valence-electron chi connectivity index (χ4n) is 2.67. The van der Waals surface area contributed by atoms with Gasteiger partial charge in [-0.3, -0.25) is 14.5 Å². The fraction of sp³-hybridized carbons (Fsp3) is 0.500. The van der Waals surface area contributed by atoms with Crippen LogP contribution in [0.3, 0.4) is 0 Å². The van der Waals surface area contributed by atoms with Crippen LogP contribution in [0.1, 0.15) is 36.9 Å². The number of methoxy groups -OCH3 is 1. The normalized spacial score (nSPS) is 18.0. The van der Waals surface area contributed by atoms with Crippen molar-refractivity contribution in [2.24, 2.45) is 11.7 Å². The lowest BCUT2D eigenvalue weighted by atomic mass is 9.96. The van der Waals surface area contributed by atoms with Gasteiger partial charge in [0.05, 0.1) is 13.2 Å². The van der Waals surface area contributed by atoms with Crippen LogP contribution in [0.25, 0.3) is 0 Å². The maximum Gasteiger partial charge on any atom is 0.229 e. The van der Waals surface area contributed by atoms with Crippen molar-refractivity contribution in [3.05, 3.63) is 29.3 Å². The minimum atomic E-state index is -0.443. The SMILES string of the molecule is COc1ccc(C)cc1C(N)CN1C(=O)CC(C)CC1=O. The van der Waals surface area contributed by atoms with Crippen LogP contribution in [-0.2, 0) is 9.59 Å². The summed E-state index contributed by atoms with van der Waals surface area (Å²) in [6, 6.07) is 5.28. The monoisotopic (exact) mass is 290 g/mol. The number of hydrogen-bond donors (Lipinski definition) is 1. The average Bonchev–Trinajstić information content (AvgIpc) is 2.42. The zero-order valence-electron chi connectivity index (χ0n) is 12.8. The Morgan fingerprint density at radius 1 is 1.33 bits per heavy atom. The molecule has 114 valence electrons. The highest BCUT2D eigenvalue weighted by atomic mass is 16.5. The summed E-state index contributed by atoms with van der Waals surface area (Å²) in [6.45, 7) is 4.08. The summed E-state index contributed by atoms with van der Waals surface area (Å²) < 4.78 is 5.31. The van der Waals surface area contributed by atoms with E-state index >= 15 is 0 Å². The molecule has 1 atom stereocenters. The number of nitrogens with two attached hydrogens (primary N) is 1. The van der Waals surface area contributed by atoms with Gasteiger partial charge in [-0.05, 0) is 18.9 Å². The number of amides is 2. The van der Waals surface area contributed by atoms with Gasteiger partial charge in [0, 0.05) is 24.9 Å². The number of ether oxygens (including phenoxy) is 1. The Kier molecular flexibility index (Phi) is 4.63. The van der Waals surface area contributed by atoms with Crippen LogP contribution in [0.5, 0.6) is 5.75 Å². The van der Waals surface area contributed by atoms with E-state index < -0.39 is 6.04 Å². The number of hydrogen-bond acceptors (Lipinski definition) is 4. The lowest BCUT2D eigenvalue weighted by Crippen LogP contribution is -2.46. The van der Waals surface area contributed by atoms with E-state index in [1.807, 2.05) is 32.0 Å². The Morgan fingerprint density at radius 2 is 1.95 bits per heavy atom. The summed E-state index contributed by atoms with van der Waals surface area (Å²) in [7, 11) is 1.58. The number of aryl methyl sites for hydroxylation is 1. The smallest absolute Gasteiger partial charge is 0.229 e. The van der Waals surface area contributed by atoms with Crippen molar-refractivity contribution in [2.75, 3.05) is 13.7 Å². The summed E-state index contributed by atoms with van der Waals surface area (Å²) in [6.07, 6.45) is 0.812. The topological polar surface area (TPSA) is 72.6 Å². The van der Waals surface area contributed by atoms with E-state index in [0.29, 0.717) is 18.6 Å². The summed E-state index contributed by atoms with van der Waals surface area (Å²) in [5.41, 5.74) is 8.08. The summed E-state index contributed by atoms with van der Waals surface area (Å²) in [5, 5.41) is 0. The highest BCUT2D eigenvalue weighted by molar-refractivity contribution is 5.97. The summed E-state index contributed by atoms with van der Waals surface area (Å²) in [4.78, 5) is 25.3. The highest BCUT2D eigenvalue weighted by Gasteiger charge is 2.31. The van der Waals surface area contributed by atoms with E-state index in [2.05, 4.69) is 0 Å². The first kappa shape index (κ1) is 15.5. The molecular weight excluding hydrogens is 268 g/mol. The molecule has 1 aromatic carbocycles. The first-order chi connectivity index (χ1) is 9.92. The third kappa shape index (κ3) is 3.42. The van der Waals surface area contributed by atoms with E-state index in [1.54, 1.807) is 7.11 Å². The van der Waals surface area contributed by atoms with Crippen molar-refractivity contribution in [1.82, 2.24) is 4.90 Å². The van der Waals surface area contributed by atoms with E-state index in [1.165, 1.54) is 4.90 Å². The molecule has 21 heavy (non-hydrogen) atoms. The second-order valence-electron chi connectivity index (χ2n) is 5.76. The molecule has 1 heterocycles. The number of benzene rings is 1. The molecule has 2 amide bonds. The molecule has 1 aliphatic rings. The minimum Gasteiger partial charge on any atom is -0.496 e. The van der Waals surface area contributed by atoms with Gasteiger partial charge in [0.25, 0.3) is 0 Å². The second-order valence-corrected chi connectivity index (χ2v) is 5.76. The van der Waals surface area contributed by atoms with E-state index in [-0.39, 0.29) is 24.3 Å². The molecule has 1 fully saturated rings. The molecule has 0 saturated carbocycles. The van der Waals surface area contributed by atoms with E-state index in [9.17, 15) is 9.59 Å². The van der Waals surface area contributed by atoms with Crippen LogP contribution in [0.15, 0.2) is 18.2 Å². The standard InChI is InChI=1S/C16H22N2O3/c1-10-4-5-14(21-3)12(6-10)13(17)9-18-15(19)7-11(2)8-16(18)20/h4-6,11,13H,7-9,17H2,1-3H3. The number of carbonyl (C=O) groups is 2. The van der Waals surface area contributed by atoms with Gasteiger partial charge in [-0.15, -0.1) is 0 Å². The second kappa shape index (κ2) is 6.26. The highest BCUT2D eigenvalue weighted by Crippen LogP contribution is 2.27. The maximum absolute atomic E-state index is 12.0. The average molecular weight is 290 g/mol. The Hall–Kier alpha value is -1.88. The summed E-state index contributed by atoms with van der Waals surface area (Å²) >= 11 is 0. The molecular formula is C16H22N2O3. The van der Waals surface area contributed by atoms with Gasteiger partial charge in [0.2, 0.25) is 11.8 Å². The molecule has 1 aromatic rings. The number of imide groups is 1. The van der Waals surface area contributed by atoms with Crippen LogP contribution in [0.2, 0.25) is 0 Å². The lowest BCUT2D eigenvalue weighted by Gasteiger charge is -2.30. The number of likely N-dealkylation sites (tertiary alicyclic amines) is 1. The molecule has 1 unspecified atom stereocenters. The molecule has 0 bridgehead atoms. The zero-order valence-corrected chi connectivity index (χ0v) is 12.8. The van der Waals surface area contributed by atoms with Crippen molar-refractivity contribution in [3.8, 4) is 5.75 Å². The molecule has 2 N–H and O–H groups in total. The third-order valence-corrected chi connectivity index (χ3v) is 3.81. The number of rotatable bonds is 4. The molecule has 2 rings (SSSR count). The zero-order chi connectivity index (χ0) is 15.6. The predicted octanol–water partition coefficient (Wildman–Crippen LogP) is 1.79. The molecule has 0 spiro atoms. The number of piperidine rings is 1. The largest absolute Gasteiger partial charge is 0.496 e. The van der Waals surface area contributed by atoms with Gasteiger partial charge in [-0.25, -0.2) is 0 Å². The third-order valence-electron chi connectivity index (χ3n) is 3.81. The summed E-state index contributed by atoms with van der Waals surface area (Å²) in [5.74, 6) is 0.519. The van der Waals surface area contributed by atoms with Crippen molar-refractivity contribution < 1.29 is 14.3 Å². The molecule has 0 aromatic heterocycles. The Labute approximate surface area is 125 Å². The van der Waals surface area contributed by atoms with Gasteiger partial charge < -0.3 is 10.5 Å². The van der Waals surface area contributed by atoms with Crippen LogP contribution in [0.4, 0.5) is 0 Å². The molecule has 0 radical (unpaired) electrons. The van der Waals surface area contributed by atoms with Crippen LogP contribution >= 0.6 is 0 Å². The van der Waals surface area contributed by atoms with Crippen molar-refractivity contribution in [3.63, 3.8) is 0 Å². The quantitative estimate of drug-likeness (QED) is 0.858. The molecule has 1 aliphatic heterocycles. The van der Waals surface area contributed by atoms with E-state index in [4.69, 9.17) is 10.5 Å². The predicted molar refractivity (Wildman–Crippen MR) is 79.8 cm³/mol. The van der Waals surface area contributed by atoms with E-state index in [0.717, 1.165) is 11.1 Å². The van der Waals surface area contributed by atoms with Gasteiger partial charge in [-0.2, -0.15) is 0 Å². The number of carbonyl (C=O) groups excluding carboxylic acids is 2. The van der Waals surface area contributed by atoms with Gasteiger partial charge in [-0.1, -0.05) is 24.6 Å². The molecule has 1 saturated heterocycles. The van der Waals surface area contributed by atoms with Gasteiger partial charge >= 0.3 is 0 Å². The Bertz CT molecular complexity index is 538. The Morgan fingerprint density at radius 3 is 2.52 bits per heavy atom. The fourth-order valence-corrected chi connectivity index (χ4v) is 2.67. The number of nitrogens with zero attached hydrogens (tertiary/aromatic N) is 1. The Balaban J connectivity index is 2.18. The van der Waals surface area contributed by atoms with Crippen molar-refractivity contribution in [2.45, 2.75) is 32.7 Å². The maximum atomic E-state index is 12.0. The van der Waals surface area contributed by atoms with Gasteiger partial charge in [0.1, 0.15) is 5.75 Å². The van der Waals surface area contributed by atoms with Crippen LogP contribution in [0, 0.1) is 12.8 Å². The van der Waals surface area contributed by atoms with Gasteiger partial charge in [0.15, 0.2) is 0 Å².